The van der Waals surface area contributed by atoms with Gasteiger partial charge < -0.3 is 0 Å². The molecular formula is C12H20Si. The maximum atomic E-state index is 2.35. The topological polar surface area (TPSA) is 0 Å². The minimum Gasteiger partial charge on any atom is -0.0671 e. The monoisotopic (exact) mass is 192 g/mol. The molecule has 0 aliphatic heterocycles. The number of hydrogen-bond acceptors (Lipinski definition) is 0. The van der Waals surface area contributed by atoms with Crippen molar-refractivity contribution < 1.29 is 0 Å². The van der Waals surface area contributed by atoms with Crippen LogP contribution in [-0.2, 0) is 5.41 Å². The summed E-state index contributed by atoms with van der Waals surface area (Å²) in [5.74, 6) is 0. The van der Waals surface area contributed by atoms with Crippen LogP contribution in [0.25, 0.3) is 0 Å². The van der Waals surface area contributed by atoms with E-state index in [1.54, 1.807) is 10.8 Å². The fourth-order valence-electron chi connectivity index (χ4n) is 2.09. The molecule has 0 atom stereocenters. The molecule has 72 valence electrons. The SMILES string of the molecule is CCCC(C)(C)c1ccccc1[SiH3]. The summed E-state index contributed by atoms with van der Waals surface area (Å²) in [6, 6.07) is 8.86. The lowest BCUT2D eigenvalue weighted by Crippen LogP contribution is -2.25. The first kappa shape index (κ1) is 10.5. The van der Waals surface area contributed by atoms with Gasteiger partial charge in [-0.1, -0.05) is 56.6 Å². The second kappa shape index (κ2) is 4.10. The third-order valence-corrected chi connectivity index (χ3v) is 3.62. The van der Waals surface area contributed by atoms with Crippen LogP contribution < -0.4 is 5.19 Å². The molecule has 13 heavy (non-hydrogen) atoms. The quantitative estimate of drug-likeness (QED) is 0.640. The van der Waals surface area contributed by atoms with Crippen LogP contribution in [0.3, 0.4) is 0 Å². The van der Waals surface area contributed by atoms with E-state index in [1.165, 1.54) is 12.8 Å². The molecule has 1 aromatic rings. The van der Waals surface area contributed by atoms with Crippen LogP contribution in [0.15, 0.2) is 24.3 Å². The predicted molar refractivity (Wildman–Crippen MR) is 63.9 cm³/mol. The Morgan fingerprint density at radius 3 is 2.38 bits per heavy atom. The molecule has 0 saturated carbocycles. The fourth-order valence-corrected chi connectivity index (χ4v) is 3.13. The van der Waals surface area contributed by atoms with Gasteiger partial charge in [-0.05, 0) is 17.4 Å². The Morgan fingerprint density at radius 1 is 1.23 bits per heavy atom. The van der Waals surface area contributed by atoms with E-state index in [-0.39, 0.29) is 0 Å². The highest BCUT2D eigenvalue weighted by molar-refractivity contribution is 6.33. The zero-order valence-electron chi connectivity index (χ0n) is 9.22. The second-order valence-electron chi connectivity index (χ2n) is 4.45. The summed E-state index contributed by atoms with van der Waals surface area (Å²) in [4.78, 5) is 0. The predicted octanol–water partition coefficient (Wildman–Crippen LogP) is 1.76. The van der Waals surface area contributed by atoms with Crippen molar-refractivity contribution >= 4 is 15.4 Å². The zero-order chi connectivity index (χ0) is 9.90. The van der Waals surface area contributed by atoms with Crippen LogP contribution in [0, 0.1) is 0 Å². The lowest BCUT2D eigenvalue weighted by atomic mass is 9.81. The van der Waals surface area contributed by atoms with Crippen molar-refractivity contribution in [1.82, 2.24) is 0 Å². The third-order valence-electron chi connectivity index (χ3n) is 2.75. The van der Waals surface area contributed by atoms with Gasteiger partial charge in [0.2, 0.25) is 0 Å². The Balaban J connectivity index is 2.99. The molecule has 1 rings (SSSR count). The maximum absolute atomic E-state index is 2.35. The molecule has 1 heteroatoms. The minimum atomic E-state index is 0.368. The molecule has 0 N–H and O–H groups in total. The summed E-state index contributed by atoms with van der Waals surface area (Å²) < 4.78 is 0. The van der Waals surface area contributed by atoms with Gasteiger partial charge in [0.05, 0.1) is 0 Å². The summed E-state index contributed by atoms with van der Waals surface area (Å²) in [5.41, 5.74) is 1.93. The fraction of sp³-hybridized carbons (Fsp3) is 0.500. The van der Waals surface area contributed by atoms with Gasteiger partial charge in [-0.25, -0.2) is 0 Å². The Kier molecular flexibility index (Phi) is 3.31. The lowest BCUT2D eigenvalue weighted by Gasteiger charge is -2.26. The molecule has 0 fully saturated rings. The van der Waals surface area contributed by atoms with Crippen molar-refractivity contribution in [3.05, 3.63) is 29.8 Å². The zero-order valence-corrected chi connectivity index (χ0v) is 11.2. The summed E-state index contributed by atoms with van der Waals surface area (Å²) >= 11 is 0. The highest BCUT2D eigenvalue weighted by atomic mass is 28.1. The van der Waals surface area contributed by atoms with Crippen LogP contribution in [-0.4, -0.2) is 10.2 Å². The van der Waals surface area contributed by atoms with Crippen LogP contribution >= 0.6 is 0 Å². The van der Waals surface area contributed by atoms with Crippen molar-refractivity contribution in [1.29, 1.82) is 0 Å². The van der Waals surface area contributed by atoms with Gasteiger partial charge in [0.15, 0.2) is 0 Å². The third kappa shape index (κ3) is 2.44. The Bertz CT molecular complexity index is 276. The molecule has 0 spiro atoms. The Hall–Kier alpha value is -0.563. The van der Waals surface area contributed by atoms with Crippen molar-refractivity contribution in [3.63, 3.8) is 0 Å². The standard InChI is InChI=1S/C12H20Si/c1-4-9-12(2,3)10-7-5-6-8-11(10)13/h5-8H,4,9H2,1-3,13H3. The summed E-state index contributed by atoms with van der Waals surface area (Å²) in [5, 5.41) is 1.56. The molecule has 0 unspecified atom stereocenters. The molecule has 0 heterocycles. The highest BCUT2D eigenvalue weighted by Gasteiger charge is 2.20. The van der Waals surface area contributed by atoms with Crippen molar-refractivity contribution in [2.45, 2.75) is 39.0 Å². The molecule has 0 radical (unpaired) electrons. The average molecular weight is 192 g/mol. The van der Waals surface area contributed by atoms with E-state index in [1.807, 2.05) is 0 Å². The van der Waals surface area contributed by atoms with Gasteiger partial charge in [0.1, 0.15) is 0 Å². The Labute approximate surface area is 84.8 Å². The van der Waals surface area contributed by atoms with Crippen LogP contribution in [0.1, 0.15) is 39.2 Å². The van der Waals surface area contributed by atoms with Crippen LogP contribution in [0.4, 0.5) is 0 Å². The van der Waals surface area contributed by atoms with Crippen molar-refractivity contribution in [3.8, 4) is 0 Å². The van der Waals surface area contributed by atoms with E-state index in [9.17, 15) is 0 Å². The summed E-state index contributed by atoms with van der Waals surface area (Å²) in [6.07, 6.45) is 2.55. The van der Waals surface area contributed by atoms with E-state index in [0.717, 1.165) is 10.2 Å². The molecule has 0 aliphatic carbocycles. The van der Waals surface area contributed by atoms with Gasteiger partial charge in [0.25, 0.3) is 0 Å². The van der Waals surface area contributed by atoms with E-state index in [2.05, 4.69) is 45.0 Å². The largest absolute Gasteiger partial charge is 0.0671 e. The molecule has 0 aliphatic rings. The molecule has 0 saturated heterocycles. The van der Waals surface area contributed by atoms with E-state index < -0.39 is 0 Å². The van der Waals surface area contributed by atoms with Gasteiger partial charge in [-0.15, -0.1) is 0 Å². The molecular weight excluding hydrogens is 172 g/mol. The second-order valence-corrected chi connectivity index (χ2v) is 5.53. The van der Waals surface area contributed by atoms with E-state index in [0.29, 0.717) is 5.41 Å². The first-order valence-electron chi connectivity index (χ1n) is 5.14. The number of rotatable bonds is 3. The normalized spacial score (nSPS) is 11.9. The molecule has 0 bridgehead atoms. The minimum absolute atomic E-state index is 0.368. The lowest BCUT2D eigenvalue weighted by molar-refractivity contribution is 0.476. The number of benzene rings is 1. The number of hydrogen-bond donors (Lipinski definition) is 0. The van der Waals surface area contributed by atoms with E-state index >= 15 is 0 Å². The molecule has 0 nitrogen and oxygen atoms in total. The van der Waals surface area contributed by atoms with Crippen LogP contribution in [0.5, 0.6) is 0 Å². The van der Waals surface area contributed by atoms with Crippen LogP contribution in [0.2, 0.25) is 0 Å². The van der Waals surface area contributed by atoms with Crippen molar-refractivity contribution in [2.75, 3.05) is 0 Å². The average Bonchev–Trinajstić information content (AvgIpc) is 2.04. The smallest absolute Gasteiger partial charge is 0.0388 e. The van der Waals surface area contributed by atoms with Gasteiger partial charge in [-0.2, -0.15) is 0 Å². The summed E-state index contributed by atoms with van der Waals surface area (Å²) in [6.45, 7) is 6.97. The Morgan fingerprint density at radius 2 is 1.85 bits per heavy atom. The molecule has 0 aromatic heterocycles. The first-order chi connectivity index (χ1) is 6.08. The molecule has 1 aromatic carbocycles. The van der Waals surface area contributed by atoms with Gasteiger partial charge >= 0.3 is 0 Å². The van der Waals surface area contributed by atoms with Crippen molar-refractivity contribution in [2.24, 2.45) is 0 Å². The van der Waals surface area contributed by atoms with Gasteiger partial charge in [-0.3, -0.25) is 0 Å². The first-order valence-corrected chi connectivity index (χ1v) is 6.14. The van der Waals surface area contributed by atoms with Gasteiger partial charge in [0, 0.05) is 10.2 Å². The maximum Gasteiger partial charge on any atom is 0.0388 e. The summed E-state index contributed by atoms with van der Waals surface area (Å²) in [7, 11) is 1.16. The van der Waals surface area contributed by atoms with E-state index in [4.69, 9.17) is 0 Å². The molecule has 0 amide bonds. The highest BCUT2D eigenvalue weighted by Crippen LogP contribution is 2.26.